The molecule has 1 aliphatic rings. The molecule has 2 aromatic carbocycles. The molecule has 0 saturated heterocycles. The van der Waals surface area contributed by atoms with Crippen molar-refractivity contribution >= 4 is 18.0 Å². The Kier molecular flexibility index (Phi) is 8.65. The van der Waals surface area contributed by atoms with Gasteiger partial charge in [0.25, 0.3) is 0 Å². The summed E-state index contributed by atoms with van der Waals surface area (Å²) < 4.78 is 10.8. The molecule has 186 valence electrons. The SMILES string of the molecule is COC(C)C(NC(=O)OCC1c2ccccc2-c2ccccc21)C(=O)NC(CC=C(C)C)C(=O)O. The van der Waals surface area contributed by atoms with Crippen molar-refractivity contribution in [3.8, 4) is 11.1 Å². The Morgan fingerprint density at radius 1 is 1.00 bits per heavy atom. The number of ether oxygens (including phenoxy) is 2. The van der Waals surface area contributed by atoms with Gasteiger partial charge in [0.2, 0.25) is 5.91 Å². The lowest BCUT2D eigenvalue weighted by Crippen LogP contribution is -2.56. The summed E-state index contributed by atoms with van der Waals surface area (Å²) in [5, 5.41) is 14.5. The summed E-state index contributed by atoms with van der Waals surface area (Å²) in [6.07, 6.45) is 0.357. The summed E-state index contributed by atoms with van der Waals surface area (Å²) in [6.45, 7) is 5.39. The lowest BCUT2D eigenvalue weighted by Gasteiger charge is -2.25. The normalized spacial score (nSPS) is 14.6. The fraction of sp³-hybridized carbons (Fsp3) is 0.370. The van der Waals surface area contributed by atoms with E-state index in [1.807, 2.05) is 62.4 Å². The molecule has 3 rings (SSSR count). The summed E-state index contributed by atoms with van der Waals surface area (Å²) in [6, 6.07) is 13.7. The number of carbonyl (C=O) groups is 3. The van der Waals surface area contributed by atoms with Crippen LogP contribution in [0.4, 0.5) is 4.79 Å². The number of methoxy groups -OCH3 is 1. The molecule has 1 aliphatic carbocycles. The highest BCUT2D eigenvalue weighted by Crippen LogP contribution is 2.44. The fourth-order valence-electron chi connectivity index (χ4n) is 4.14. The molecular formula is C27H32N2O6. The summed E-state index contributed by atoms with van der Waals surface area (Å²) in [4.78, 5) is 37.2. The van der Waals surface area contributed by atoms with Gasteiger partial charge in [-0.2, -0.15) is 0 Å². The van der Waals surface area contributed by atoms with Crippen molar-refractivity contribution in [1.82, 2.24) is 10.6 Å². The molecule has 8 nitrogen and oxygen atoms in total. The summed E-state index contributed by atoms with van der Waals surface area (Å²) in [5.41, 5.74) is 5.30. The number of rotatable bonds is 10. The zero-order valence-corrected chi connectivity index (χ0v) is 20.4. The minimum Gasteiger partial charge on any atom is -0.480 e. The highest BCUT2D eigenvalue weighted by Gasteiger charge is 2.32. The lowest BCUT2D eigenvalue weighted by atomic mass is 9.98. The van der Waals surface area contributed by atoms with Gasteiger partial charge in [-0.15, -0.1) is 0 Å². The maximum atomic E-state index is 12.9. The Morgan fingerprint density at radius 2 is 1.57 bits per heavy atom. The third-order valence-corrected chi connectivity index (χ3v) is 6.12. The maximum absolute atomic E-state index is 12.9. The minimum absolute atomic E-state index is 0.0912. The Labute approximate surface area is 205 Å². The maximum Gasteiger partial charge on any atom is 0.407 e. The van der Waals surface area contributed by atoms with Crippen LogP contribution in [-0.2, 0) is 19.1 Å². The van der Waals surface area contributed by atoms with Crippen molar-refractivity contribution in [2.75, 3.05) is 13.7 Å². The molecule has 0 heterocycles. The molecule has 0 aromatic heterocycles. The van der Waals surface area contributed by atoms with Gasteiger partial charge in [-0.1, -0.05) is 60.2 Å². The van der Waals surface area contributed by atoms with Crippen molar-refractivity contribution < 1.29 is 29.0 Å². The van der Waals surface area contributed by atoms with E-state index < -0.39 is 36.2 Å². The number of nitrogens with one attached hydrogen (secondary N) is 2. The second kappa shape index (κ2) is 11.7. The van der Waals surface area contributed by atoms with Gasteiger partial charge in [0.05, 0.1) is 6.10 Å². The van der Waals surface area contributed by atoms with E-state index in [2.05, 4.69) is 10.6 Å². The largest absolute Gasteiger partial charge is 0.480 e. The monoisotopic (exact) mass is 480 g/mol. The number of benzene rings is 2. The van der Waals surface area contributed by atoms with E-state index in [9.17, 15) is 19.5 Å². The molecular weight excluding hydrogens is 448 g/mol. The smallest absolute Gasteiger partial charge is 0.407 e. The van der Waals surface area contributed by atoms with Gasteiger partial charge < -0.3 is 25.2 Å². The summed E-state index contributed by atoms with van der Waals surface area (Å²) >= 11 is 0. The van der Waals surface area contributed by atoms with Gasteiger partial charge >= 0.3 is 12.1 Å². The fourth-order valence-corrected chi connectivity index (χ4v) is 4.14. The van der Waals surface area contributed by atoms with E-state index in [0.717, 1.165) is 27.8 Å². The number of amides is 2. The van der Waals surface area contributed by atoms with Crippen LogP contribution in [0.3, 0.4) is 0 Å². The number of hydrogen-bond donors (Lipinski definition) is 3. The van der Waals surface area contributed by atoms with Gasteiger partial charge in [0.15, 0.2) is 0 Å². The number of carboxylic acids is 1. The van der Waals surface area contributed by atoms with Crippen LogP contribution in [-0.4, -0.2) is 55.0 Å². The number of aliphatic carboxylic acids is 1. The van der Waals surface area contributed by atoms with Crippen molar-refractivity contribution in [2.24, 2.45) is 0 Å². The minimum atomic E-state index is -1.17. The molecule has 2 amide bonds. The van der Waals surface area contributed by atoms with Crippen LogP contribution in [0, 0.1) is 0 Å². The molecule has 0 saturated carbocycles. The van der Waals surface area contributed by atoms with Crippen molar-refractivity contribution in [1.29, 1.82) is 0 Å². The predicted molar refractivity (Wildman–Crippen MR) is 132 cm³/mol. The molecule has 0 fully saturated rings. The van der Waals surface area contributed by atoms with Gasteiger partial charge in [-0.3, -0.25) is 4.79 Å². The first kappa shape index (κ1) is 26.0. The van der Waals surface area contributed by atoms with Crippen LogP contribution in [0.15, 0.2) is 60.2 Å². The number of fused-ring (bicyclic) bond motifs is 3. The highest BCUT2D eigenvalue weighted by atomic mass is 16.5. The van der Waals surface area contributed by atoms with Crippen molar-refractivity contribution in [2.45, 2.75) is 51.3 Å². The van der Waals surface area contributed by atoms with E-state index in [1.54, 1.807) is 13.0 Å². The molecule has 0 spiro atoms. The lowest BCUT2D eigenvalue weighted by molar-refractivity contribution is -0.142. The number of hydrogen-bond acceptors (Lipinski definition) is 5. The zero-order valence-electron chi connectivity index (χ0n) is 20.4. The quantitative estimate of drug-likeness (QED) is 0.445. The molecule has 0 aliphatic heterocycles. The van der Waals surface area contributed by atoms with Crippen molar-refractivity contribution in [3.63, 3.8) is 0 Å². The Hall–Kier alpha value is -3.65. The van der Waals surface area contributed by atoms with E-state index in [4.69, 9.17) is 9.47 Å². The van der Waals surface area contributed by atoms with Gasteiger partial charge in [-0.05, 0) is 49.4 Å². The number of carbonyl (C=O) groups excluding carboxylic acids is 2. The van der Waals surface area contributed by atoms with E-state index in [1.165, 1.54) is 7.11 Å². The summed E-state index contributed by atoms with van der Waals surface area (Å²) in [5.74, 6) is -1.95. The second-order valence-electron chi connectivity index (χ2n) is 8.80. The third-order valence-electron chi connectivity index (χ3n) is 6.12. The van der Waals surface area contributed by atoms with Crippen LogP contribution in [0.1, 0.15) is 44.2 Å². The molecule has 2 aromatic rings. The third kappa shape index (κ3) is 6.27. The molecule has 3 atom stereocenters. The van der Waals surface area contributed by atoms with Crippen LogP contribution in [0.2, 0.25) is 0 Å². The molecule has 3 unspecified atom stereocenters. The van der Waals surface area contributed by atoms with Crippen LogP contribution >= 0.6 is 0 Å². The Bertz CT molecular complexity index is 1060. The average Bonchev–Trinajstić information content (AvgIpc) is 3.16. The topological polar surface area (TPSA) is 114 Å². The van der Waals surface area contributed by atoms with Crippen LogP contribution < -0.4 is 10.6 Å². The highest BCUT2D eigenvalue weighted by molar-refractivity contribution is 5.89. The number of allylic oxidation sites excluding steroid dienone is 1. The number of carboxylic acid groups (broad SMARTS) is 1. The first-order valence-electron chi connectivity index (χ1n) is 11.5. The average molecular weight is 481 g/mol. The van der Waals surface area contributed by atoms with Crippen LogP contribution in [0.25, 0.3) is 11.1 Å². The Morgan fingerprint density at radius 3 is 2.09 bits per heavy atom. The van der Waals surface area contributed by atoms with Crippen molar-refractivity contribution in [3.05, 3.63) is 71.3 Å². The van der Waals surface area contributed by atoms with Gasteiger partial charge in [-0.25, -0.2) is 9.59 Å². The molecule has 0 bridgehead atoms. The Balaban J connectivity index is 1.68. The zero-order chi connectivity index (χ0) is 25.5. The molecule has 35 heavy (non-hydrogen) atoms. The standard InChI is InChI=1S/C27H32N2O6/c1-16(2)13-14-23(26(31)32)28-25(30)24(17(3)34-4)29-27(33)35-15-22-20-11-7-5-9-18(20)19-10-6-8-12-21(19)22/h5-13,17,22-24H,14-15H2,1-4H3,(H,28,30)(H,29,33)(H,31,32). The van der Waals surface area contributed by atoms with Gasteiger partial charge in [0.1, 0.15) is 18.7 Å². The summed E-state index contributed by atoms with van der Waals surface area (Å²) in [7, 11) is 1.40. The van der Waals surface area contributed by atoms with E-state index >= 15 is 0 Å². The molecule has 0 radical (unpaired) electrons. The first-order chi connectivity index (χ1) is 16.7. The predicted octanol–water partition coefficient (Wildman–Crippen LogP) is 3.85. The molecule has 8 heteroatoms. The second-order valence-corrected chi connectivity index (χ2v) is 8.80. The van der Waals surface area contributed by atoms with E-state index in [-0.39, 0.29) is 18.9 Å². The van der Waals surface area contributed by atoms with Crippen LogP contribution in [0.5, 0.6) is 0 Å². The number of alkyl carbamates (subject to hydrolysis) is 1. The molecule has 3 N–H and O–H groups in total. The first-order valence-corrected chi connectivity index (χ1v) is 11.5. The van der Waals surface area contributed by atoms with Gasteiger partial charge in [0, 0.05) is 13.0 Å². The van der Waals surface area contributed by atoms with E-state index in [0.29, 0.717) is 0 Å².